The molecule has 1 saturated heterocycles. The molecule has 27 heavy (non-hydrogen) atoms. The fraction of sp³-hybridized carbons (Fsp3) is 0.211. The number of carbonyl (C=O) groups is 1. The number of amides is 1. The van der Waals surface area contributed by atoms with Crippen LogP contribution in [0.3, 0.4) is 0 Å². The summed E-state index contributed by atoms with van der Waals surface area (Å²) in [7, 11) is 0. The van der Waals surface area contributed by atoms with Gasteiger partial charge in [-0.1, -0.05) is 55.2 Å². The van der Waals surface area contributed by atoms with Crippen LogP contribution in [0, 0.1) is 5.82 Å². The van der Waals surface area contributed by atoms with Crippen molar-refractivity contribution in [3.63, 3.8) is 0 Å². The second-order valence-electron chi connectivity index (χ2n) is 6.28. The molecule has 0 N–H and O–H groups in total. The van der Waals surface area contributed by atoms with Gasteiger partial charge in [0.1, 0.15) is 11.9 Å². The standard InChI is InChI=1S/C19H14Br2FN3O2/c20-13-3-1-2-11(8-13)18-23-19(27-24-18)16-6-7-17(26)25(16)10-12-4-5-14(21)9-15(12)22/h1-5,8-9,16H,6-7,10H2. The van der Waals surface area contributed by atoms with Crippen LogP contribution in [0.1, 0.15) is 30.3 Å². The Labute approximate surface area is 171 Å². The molecule has 3 aromatic rings. The van der Waals surface area contributed by atoms with Gasteiger partial charge < -0.3 is 9.42 Å². The first-order chi connectivity index (χ1) is 13.0. The minimum atomic E-state index is -0.358. The summed E-state index contributed by atoms with van der Waals surface area (Å²) in [6.45, 7) is 0.164. The summed E-state index contributed by atoms with van der Waals surface area (Å²) in [4.78, 5) is 18.4. The van der Waals surface area contributed by atoms with E-state index in [1.807, 2.05) is 24.3 Å². The summed E-state index contributed by atoms with van der Waals surface area (Å²) in [5.74, 6) is 0.418. The average molecular weight is 495 g/mol. The summed E-state index contributed by atoms with van der Waals surface area (Å²) in [6, 6.07) is 12.0. The molecule has 138 valence electrons. The Morgan fingerprint density at radius 2 is 2.00 bits per heavy atom. The minimum absolute atomic E-state index is 0.0514. The van der Waals surface area contributed by atoms with Crippen molar-refractivity contribution in [2.45, 2.75) is 25.4 Å². The van der Waals surface area contributed by atoms with Crippen molar-refractivity contribution in [2.75, 3.05) is 0 Å². The SMILES string of the molecule is O=C1CCC(c2nc(-c3cccc(Br)c3)no2)N1Cc1ccc(Br)cc1F. The van der Waals surface area contributed by atoms with Gasteiger partial charge in [-0.15, -0.1) is 0 Å². The smallest absolute Gasteiger partial charge is 0.249 e. The summed E-state index contributed by atoms with van der Waals surface area (Å²) in [5, 5.41) is 4.04. The fourth-order valence-electron chi connectivity index (χ4n) is 3.14. The van der Waals surface area contributed by atoms with Crippen LogP contribution in [0.5, 0.6) is 0 Å². The molecule has 0 aliphatic carbocycles. The number of hydrogen-bond donors (Lipinski definition) is 0. The van der Waals surface area contributed by atoms with E-state index in [1.54, 1.807) is 17.0 Å². The molecular formula is C19H14Br2FN3O2. The lowest BCUT2D eigenvalue weighted by atomic mass is 10.1. The molecule has 4 rings (SSSR count). The molecule has 1 aliphatic rings. The van der Waals surface area contributed by atoms with E-state index in [1.165, 1.54) is 6.07 Å². The van der Waals surface area contributed by atoms with Gasteiger partial charge in [0.15, 0.2) is 0 Å². The molecule has 1 amide bonds. The van der Waals surface area contributed by atoms with Crippen molar-refractivity contribution < 1.29 is 13.7 Å². The van der Waals surface area contributed by atoms with Crippen molar-refractivity contribution in [2.24, 2.45) is 0 Å². The number of nitrogens with zero attached hydrogens (tertiary/aromatic N) is 3. The van der Waals surface area contributed by atoms with Crippen molar-refractivity contribution in [1.82, 2.24) is 15.0 Å². The van der Waals surface area contributed by atoms with Gasteiger partial charge in [-0.05, 0) is 30.7 Å². The second kappa shape index (κ2) is 7.52. The molecule has 1 fully saturated rings. The van der Waals surface area contributed by atoms with E-state index in [2.05, 4.69) is 42.0 Å². The zero-order valence-electron chi connectivity index (χ0n) is 14.0. The monoisotopic (exact) mass is 493 g/mol. The lowest BCUT2D eigenvalue weighted by Crippen LogP contribution is -2.27. The molecule has 0 spiro atoms. The molecule has 8 heteroatoms. The maximum absolute atomic E-state index is 14.2. The highest BCUT2D eigenvalue weighted by Gasteiger charge is 2.36. The zero-order valence-corrected chi connectivity index (χ0v) is 17.2. The van der Waals surface area contributed by atoms with Crippen molar-refractivity contribution in [1.29, 1.82) is 0 Å². The zero-order chi connectivity index (χ0) is 19.0. The van der Waals surface area contributed by atoms with Crippen LogP contribution in [0.2, 0.25) is 0 Å². The quantitative estimate of drug-likeness (QED) is 0.496. The molecule has 2 aromatic carbocycles. The van der Waals surface area contributed by atoms with Crippen molar-refractivity contribution in [3.8, 4) is 11.4 Å². The van der Waals surface area contributed by atoms with Gasteiger partial charge >= 0.3 is 0 Å². The summed E-state index contributed by atoms with van der Waals surface area (Å²) < 4.78 is 21.2. The van der Waals surface area contributed by atoms with Crippen molar-refractivity contribution >= 4 is 37.8 Å². The Kier molecular flexibility index (Phi) is 5.10. The molecule has 1 atom stereocenters. The van der Waals surface area contributed by atoms with Crippen LogP contribution in [-0.4, -0.2) is 20.9 Å². The van der Waals surface area contributed by atoms with Gasteiger partial charge in [0.2, 0.25) is 17.6 Å². The first-order valence-corrected chi connectivity index (χ1v) is 9.93. The first-order valence-electron chi connectivity index (χ1n) is 8.34. The molecule has 1 aliphatic heterocycles. The third-order valence-corrected chi connectivity index (χ3v) is 5.48. The molecule has 1 unspecified atom stereocenters. The van der Waals surface area contributed by atoms with E-state index >= 15 is 0 Å². The summed E-state index contributed by atoms with van der Waals surface area (Å²) in [5.41, 5.74) is 1.26. The Balaban J connectivity index is 1.60. The normalized spacial score (nSPS) is 16.9. The number of hydrogen-bond acceptors (Lipinski definition) is 4. The molecule has 5 nitrogen and oxygen atoms in total. The highest BCUT2D eigenvalue weighted by molar-refractivity contribution is 9.10. The van der Waals surface area contributed by atoms with Crippen LogP contribution < -0.4 is 0 Å². The highest BCUT2D eigenvalue weighted by atomic mass is 79.9. The molecule has 0 saturated carbocycles. The predicted molar refractivity (Wildman–Crippen MR) is 104 cm³/mol. The van der Waals surface area contributed by atoms with Gasteiger partial charge in [-0.3, -0.25) is 4.79 Å². The Morgan fingerprint density at radius 1 is 1.19 bits per heavy atom. The Hall–Kier alpha value is -2.06. The Morgan fingerprint density at radius 3 is 2.78 bits per heavy atom. The lowest BCUT2D eigenvalue weighted by Gasteiger charge is -2.22. The Bertz CT molecular complexity index is 1010. The van der Waals surface area contributed by atoms with E-state index in [0.29, 0.717) is 34.6 Å². The summed E-state index contributed by atoms with van der Waals surface area (Å²) in [6.07, 6.45) is 0.939. The van der Waals surface area contributed by atoms with Crippen molar-refractivity contribution in [3.05, 3.63) is 68.7 Å². The van der Waals surface area contributed by atoms with Crippen LogP contribution in [0.25, 0.3) is 11.4 Å². The van der Waals surface area contributed by atoms with E-state index in [0.717, 1.165) is 10.0 Å². The van der Waals surface area contributed by atoms with E-state index in [-0.39, 0.29) is 24.3 Å². The number of benzene rings is 2. The molecular weight excluding hydrogens is 481 g/mol. The topological polar surface area (TPSA) is 59.2 Å². The third-order valence-electron chi connectivity index (χ3n) is 4.49. The molecule has 0 bridgehead atoms. The van der Waals surface area contributed by atoms with Gasteiger partial charge in [-0.25, -0.2) is 4.39 Å². The van der Waals surface area contributed by atoms with Gasteiger partial charge in [0, 0.05) is 33.0 Å². The molecule has 2 heterocycles. The van der Waals surface area contributed by atoms with E-state index < -0.39 is 0 Å². The number of likely N-dealkylation sites (tertiary alicyclic amines) is 1. The van der Waals surface area contributed by atoms with Crippen LogP contribution in [-0.2, 0) is 11.3 Å². The van der Waals surface area contributed by atoms with Crippen LogP contribution >= 0.6 is 31.9 Å². The number of carbonyl (C=O) groups excluding carboxylic acids is 1. The van der Waals surface area contributed by atoms with Gasteiger partial charge in [0.05, 0.1) is 0 Å². The fourth-order valence-corrected chi connectivity index (χ4v) is 3.87. The number of halogens is 3. The minimum Gasteiger partial charge on any atom is -0.337 e. The van der Waals surface area contributed by atoms with E-state index in [4.69, 9.17) is 4.52 Å². The molecule has 0 radical (unpaired) electrons. The highest BCUT2D eigenvalue weighted by Crippen LogP contribution is 2.35. The average Bonchev–Trinajstić information content (AvgIpc) is 3.25. The third kappa shape index (κ3) is 3.82. The van der Waals surface area contributed by atoms with Crippen LogP contribution in [0.15, 0.2) is 55.9 Å². The van der Waals surface area contributed by atoms with Crippen LogP contribution in [0.4, 0.5) is 4.39 Å². The maximum atomic E-state index is 14.2. The number of aromatic nitrogens is 2. The van der Waals surface area contributed by atoms with Gasteiger partial charge in [0.25, 0.3) is 0 Å². The van der Waals surface area contributed by atoms with Gasteiger partial charge in [-0.2, -0.15) is 4.98 Å². The van der Waals surface area contributed by atoms with E-state index in [9.17, 15) is 9.18 Å². The summed E-state index contributed by atoms with van der Waals surface area (Å²) >= 11 is 6.66. The molecule has 1 aromatic heterocycles. The second-order valence-corrected chi connectivity index (χ2v) is 8.11. The number of rotatable bonds is 4. The predicted octanol–water partition coefficient (Wildman–Crippen LogP) is 5.26. The lowest BCUT2D eigenvalue weighted by molar-refractivity contribution is -0.130. The largest absolute Gasteiger partial charge is 0.337 e. The maximum Gasteiger partial charge on any atom is 0.249 e. The first kappa shape index (κ1) is 18.3.